The molecule has 18 heavy (non-hydrogen) atoms. The summed E-state index contributed by atoms with van der Waals surface area (Å²) in [4.78, 5) is 7.18. The van der Waals surface area contributed by atoms with Crippen LogP contribution in [-0.2, 0) is 12.8 Å². The first-order valence-corrected chi connectivity index (χ1v) is 6.29. The lowest BCUT2D eigenvalue weighted by molar-refractivity contribution is 0.721. The average Bonchev–Trinajstić information content (AvgIpc) is 2.80. The molecule has 0 aliphatic rings. The summed E-state index contributed by atoms with van der Waals surface area (Å²) in [6.45, 7) is 4.41. The van der Waals surface area contributed by atoms with Crippen LogP contribution in [0.4, 0.5) is 0 Å². The van der Waals surface area contributed by atoms with Gasteiger partial charge in [-0.15, -0.1) is 12.4 Å². The number of hydrogen-bond donors (Lipinski definition) is 1. The lowest BCUT2D eigenvalue weighted by atomic mass is 9.97. The van der Waals surface area contributed by atoms with Crippen LogP contribution in [0.3, 0.4) is 0 Å². The Morgan fingerprint density at radius 2 is 1.72 bits per heavy atom. The molecule has 1 aromatic carbocycles. The molecule has 0 spiro atoms. The normalized spacial score (nSPS) is 10.1. The van der Waals surface area contributed by atoms with Gasteiger partial charge < -0.3 is 4.98 Å². The van der Waals surface area contributed by atoms with Crippen LogP contribution in [-0.4, -0.2) is 9.97 Å². The van der Waals surface area contributed by atoms with Crippen LogP contribution in [0.2, 0.25) is 0 Å². The number of nitrogens with one attached hydrogen (secondary N) is 1. The maximum atomic E-state index is 4.03. The molecule has 98 valence electrons. The molecule has 0 aliphatic heterocycles. The molecule has 1 heterocycles. The van der Waals surface area contributed by atoms with Crippen LogP contribution >= 0.6 is 12.4 Å². The molecule has 1 N–H and O–H groups in total. The Balaban J connectivity index is 0.00000162. The van der Waals surface area contributed by atoms with Crippen LogP contribution in [0.5, 0.6) is 0 Å². The summed E-state index contributed by atoms with van der Waals surface area (Å²) in [6.07, 6.45) is 8.41. The third-order valence-corrected chi connectivity index (χ3v) is 3.32. The predicted molar refractivity (Wildman–Crippen MR) is 78.4 cm³/mol. The van der Waals surface area contributed by atoms with Crippen molar-refractivity contribution in [1.82, 2.24) is 9.97 Å². The molecule has 0 saturated heterocycles. The average molecular weight is 265 g/mol. The van der Waals surface area contributed by atoms with E-state index in [1.165, 1.54) is 41.6 Å². The number of aromatic amines is 1. The molecule has 0 atom stereocenters. The van der Waals surface area contributed by atoms with Gasteiger partial charge in [0.05, 0.1) is 6.33 Å². The Hall–Kier alpha value is -1.28. The summed E-state index contributed by atoms with van der Waals surface area (Å²) in [5, 5.41) is 0. The highest BCUT2D eigenvalue weighted by Crippen LogP contribution is 2.16. The summed E-state index contributed by atoms with van der Waals surface area (Å²) in [5.41, 5.74) is 5.61. The van der Waals surface area contributed by atoms with Crippen LogP contribution in [0.25, 0.3) is 0 Å². The second-order valence-electron chi connectivity index (χ2n) is 4.65. The van der Waals surface area contributed by atoms with Crippen LogP contribution in [0.1, 0.15) is 35.2 Å². The number of aromatic nitrogens is 2. The van der Waals surface area contributed by atoms with E-state index in [0.29, 0.717) is 0 Å². The zero-order valence-electron chi connectivity index (χ0n) is 11.1. The smallest absolute Gasteiger partial charge is 0.0921 e. The van der Waals surface area contributed by atoms with Gasteiger partial charge in [-0.2, -0.15) is 0 Å². The minimum Gasteiger partial charge on any atom is -0.348 e. The van der Waals surface area contributed by atoms with E-state index in [-0.39, 0.29) is 12.4 Å². The molecule has 0 aliphatic carbocycles. The van der Waals surface area contributed by atoms with Crippen LogP contribution < -0.4 is 0 Å². The molecule has 0 unspecified atom stereocenters. The van der Waals surface area contributed by atoms with Gasteiger partial charge in [0, 0.05) is 11.9 Å². The van der Waals surface area contributed by atoms with Crippen molar-refractivity contribution in [2.24, 2.45) is 0 Å². The van der Waals surface area contributed by atoms with Crippen molar-refractivity contribution in [3.05, 3.63) is 53.1 Å². The number of benzene rings is 1. The summed E-state index contributed by atoms with van der Waals surface area (Å²) in [7, 11) is 0. The Morgan fingerprint density at radius 1 is 1.06 bits per heavy atom. The number of unbranched alkanes of at least 4 members (excludes halogenated alkanes) is 1. The molecule has 2 aromatic rings. The van der Waals surface area contributed by atoms with Gasteiger partial charge >= 0.3 is 0 Å². The summed E-state index contributed by atoms with van der Waals surface area (Å²) < 4.78 is 0. The summed E-state index contributed by atoms with van der Waals surface area (Å²) >= 11 is 0. The SMILES string of the molecule is Cc1cccc(C)c1CCCCc1cnc[nH]1.Cl. The van der Waals surface area contributed by atoms with E-state index in [2.05, 4.69) is 42.0 Å². The van der Waals surface area contributed by atoms with E-state index in [4.69, 9.17) is 0 Å². The number of rotatable bonds is 5. The molecule has 3 heteroatoms. The van der Waals surface area contributed by atoms with E-state index in [9.17, 15) is 0 Å². The molecular weight excluding hydrogens is 244 g/mol. The minimum atomic E-state index is 0. The first kappa shape index (κ1) is 14.8. The minimum absolute atomic E-state index is 0. The molecule has 0 fully saturated rings. The third-order valence-electron chi connectivity index (χ3n) is 3.32. The van der Waals surface area contributed by atoms with E-state index >= 15 is 0 Å². The van der Waals surface area contributed by atoms with Crippen molar-refractivity contribution < 1.29 is 0 Å². The van der Waals surface area contributed by atoms with E-state index in [0.717, 1.165) is 6.42 Å². The fourth-order valence-electron chi connectivity index (χ4n) is 2.28. The van der Waals surface area contributed by atoms with Gasteiger partial charge in [-0.3, -0.25) is 0 Å². The fraction of sp³-hybridized carbons (Fsp3) is 0.400. The van der Waals surface area contributed by atoms with Gasteiger partial charge in [-0.1, -0.05) is 18.2 Å². The number of nitrogens with zero attached hydrogens (tertiary/aromatic N) is 1. The fourth-order valence-corrected chi connectivity index (χ4v) is 2.28. The van der Waals surface area contributed by atoms with Crippen molar-refractivity contribution in [3.63, 3.8) is 0 Å². The van der Waals surface area contributed by atoms with Gasteiger partial charge in [0.2, 0.25) is 0 Å². The van der Waals surface area contributed by atoms with Crippen LogP contribution in [0.15, 0.2) is 30.7 Å². The second kappa shape index (κ2) is 7.22. The number of halogens is 1. The zero-order valence-corrected chi connectivity index (χ0v) is 11.9. The highest BCUT2D eigenvalue weighted by molar-refractivity contribution is 5.85. The van der Waals surface area contributed by atoms with Crippen molar-refractivity contribution in [3.8, 4) is 0 Å². The number of hydrogen-bond acceptors (Lipinski definition) is 1. The Kier molecular flexibility index (Phi) is 5.93. The van der Waals surface area contributed by atoms with Gasteiger partial charge in [0.25, 0.3) is 0 Å². The van der Waals surface area contributed by atoms with Gasteiger partial charge in [-0.25, -0.2) is 4.98 Å². The monoisotopic (exact) mass is 264 g/mol. The Morgan fingerprint density at radius 3 is 2.33 bits per heavy atom. The van der Waals surface area contributed by atoms with Crippen molar-refractivity contribution >= 4 is 12.4 Å². The largest absolute Gasteiger partial charge is 0.348 e. The van der Waals surface area contributed by atoms with Crippen LogP contribution in [0, 0.1) is 13.8 Å². The second-order valence-corrected chi connectivity index (χ2v) is 4.65. The zero-order chi connectivity index (χ0) is 12.1. The number of imidazole rings is 1. The number of aryl methyl sites for hydroxylation is 3. The Bertz CT molecular complexity index is 443. The van der Waals surface area contributed by atoms with Gasteiger partial charge in [-0.05, 0) is 56.2 Å². The number of H-pyrrole nitrogens is 1. The molecule has 0 saturated carbocycles. The molecule has 2 rings (SSSR count). The first-order valence-electron chi connectivity index (χ1n) is 6.29. The molecule has 0 amide bonds. The molecular formula is C15H21ClN2. The van der Waals surface area contributed by atoms with Gasteiger partial charge in [0.1, 0.15) is 0 Å². The van der Waals surface area contributed by atoms with E-state index < -0.39 is 0 Å². The molecule has 2 nitrogen and oxygen atoms in total. The maximum Gasteiger partial charge on any atom is 0.0921 e. The lowest BCUT2D eigenvalue weighted by Gasteiger charge is -2.09. The highest BCUT2D eigenvalue weighted by atomic mass is 35.5. The quantitative estimate of drug-likeness (QED) is 0.812. The van der Waals surface area contributed by atoms with Crippen molar-refractivity contribution in [2.75, 3.05) is 0 Å². The third kappa shape index (κ3) is 3.88. The van der Waals surface area contributed by atoms with Crippen molar-refractivity contribution in [2.45, 2.75) is 39.5 Å². The van der Waals surface area contributed by atoms with Crippen molar-refractivity contribution in [1.29, 1.82) is 0 Å². The molecule has 0 radical (unpaired) electrons. The van der Waals surface area contributed by atoms with Gasteiger partial charge in [0.15, 0.2) is 0 Å². The van der Waals surface area contributed by atoms with E-state index in [1.807, 2.05) is 6.20 Å². The topological polar surface area (TPSA) is 28.7 Å². The predicted octanol–water partition coefficient (Wildman–Crippen LogP) is 4.01. The summed E-state index contributed by atoms with van der Waals surface area (Å²) in [6, 6.07) is 6.55. The standard InChI is InChI=1S/C15H20N2.ClH/c1-12-6-5-7-13(2)15(12)9-4-3-8-14-10-16-11-17-14;/h5-7,10-11H,3-4,8-9H2,1-2H3,(H,16,17);1H. The highest BCUT2D eigenvalue weighted by Gasteiger charge is 2.02. The maximum absolute atomic E-state index is 4.03. The molecule has 0 bridgehead atoms. The Labute approximate surface area is 115 Å². The summed E-state index contributed by atoms with van der Waals surface area (Å²) in [5.74, 6) is 0. The van der Waals surface area contributed by atoms with E-state index in [1.54, 1.807) is 6.33 Å². The lowest BCUT2D eigenvalue weighted by Crippen LogP contribution is -1.95. The first-order chi connectivity index (χ1) is 8.27. The molecule has 1 aromatic heterocycles.